The fraction of sp³-hybridized carbons (Fsp3) is 0.667. The molecule has 12 heavy (non-hydrogen) atoms. The van der Waals surface area contributed by atoms with Crippen molar-refractivity contribution >= 4 is 0 Å². The average Bonchev–Trinajstić information content (AvgIpc) is 2.32. The molecule has 3 heteroatoms. The highest BCUT2D eigenvalue weighted by atomic mass is 15.0. The molecule has 0 unspecified atom stereocenters. The Morgan fingerprint density at radius 3 is 2.75 bits per heavy atom. The van der Waals surface area contributed by atoms with Gasteiger partial charge in [-0.05, 0) is 12.3 Å². The van der Waals surface area contributed by atoms with Crippen LogP contribution in [-0.2, 0) is 20.0 Å². The molecule has 1 heterocycles. The molecule has 0 aliphatic heterocycles. The molecule has 0 aliphatic carbocycles. The van der Waals surface area contributed by atoms with Gasteiger partial charge in [-0.1, -0.05) is 13.8 Å². The third-order valence-corrected chi connectivity index (χ3v) is 1.94. The van der Waals surface area contributed by atoms with Crippen molar-refractivity contribution in [2.75, 3.05) is 0 Å². The fourth-order valence-corrected chi connectivity index (χ4v) is 1.32. The molecule has 68 valence electrons. The van der Waals surface area contributed by atoms with Crippen molar-refractivity contribution in [1.82, 2.24) is 9.55 Å². The molecule has 0 atom stereocenters. The van der Waals surface area contributed by atoms with Crippen molar-refractivity contribution in [3.8, 4) is 0 Å². The molecule has 0 saturated heterocycles. The number of hydrogen-bond donors (Lipinski definition) is 1. The maximum Gasteiger partial charge on any atom is 0.0949 e. The molecule has 1 rings (SSSR count). The lowest BCUT2D eigenvalue weighted by Gasteiger charge is -2.07. The summed E-state index contributed by atoms with van der Waals surface area (Å²) in [5.74, 6) is 0.658. The summed E-state index contributed by atoms with van der Waals surface area (Å²) in [6.07, 6.45) is 2.89. The second kappa shape index (κ2) is 3.72. The zero-order valence-electron chi connectivity index (χ0n) is 8.04. The Balaban J connectivity index is 2.86. The van der Waals surface area contributed by atoms with Crippen LogP contribution in [0.2, 0.25) is 0 Å². The van der Waals surface area contributed by atoms with Crippen molar-refractivity contribution in [3.05, 3.63) is 17.7 Å². The Hall–Kier alpha value is -0.830. The molecule has 0 saturated carbocycles. The first kappa shape index (κ1) is 9.26. The van der Waals surface area contributed by atoms with Crippen LogP contribution >= 0.6 is 0 Å². The topological polar surface area (TPSA) is 43.8 Å². The highest BCUT2D eigenvalue weighted by Gasteiger charge is 2.08. The number of hydrogen-bond acceptors (Lipinski definition) is 2. The number of nitrogens with two attached hydrogens (primary N) is 1. The average molecular weight is 167 g/mol. The third kappa shape index (κ3) is 1.85. The summed E-state index contributed by atoms with van der Waals surface area (Å²) in [6.45, 7) is 4.95. The Morgan fingerprint density at radius 2 is 2.25 bits per heavy atom. The highest BCUT2D eigenvalue weighted by molar-refractivity contribution is 5.13. The minimum atomic E-state index is 0.545. The zero-order valence-corrected chi connectivity index (χ0v) is 8.04. The predicted molar refractivity (Wildman–Crippen MR) is 49.6 cm³/mol. The highest BCUT2D eigenvalue weighted by Crippen LogP contribution is 2.11. The van der Waals surface area contributed by atoms with E-state index >= 15 is 0 Å². The molecule has 0 aliphatic rings. The van der Waals surface area contributed by atoms with Gasteiger partial charge in [-0.3, -0.25) is 0 Å². The molecular weight excluding hydrogens is 150 g/mol. The first-order valence-corrected chi connectivity index (χ1v) is 4.34. The van der Waals surface area contributed by atoms with Crippen LogP contribution in [0.4, 0.5) is 0 Å². The molecule has 0 spiro atoms. The monoisotopic (exact) mass is 167 g/mol. The van der Waals surface area contributed by atoms with Crippen molar-refractivity contribution < 1.29 is 0 Å². The first-order chi connectivity index (χ1) is 5.65. The first-order valence-electron chi connectivity index (χ1n) is 4.34. The number of rotatable bonds is 3. The van der Waals surface area contributed by atoms with Crippen LogP contribution < -0.4 is 5.73 Å². The summed E-state index contributed by atoms with van der Waals surface area (Å²) in [6, 6.07) is 0. The summed E-state index contributed by atoms with van der Waals surface area (Å²) in [7, 11) is 2.02. The zero-order chi connectivity index (χ0) is 9.14. The molecular formula is C9H17N3. The molecule has 0 amide bonds. The maximum absolute atomic E-state index is 5.56. The normalized spacial score (nSPS) is 11.1. The summed E-state index contributed by atoms with van der Waals surface area (Å²) in [4.78, 5) is 4.23. The van der Waals surface area contributed by atoms with E-state index in [-0.39, 0.29) is 0 Å². The molecule has 3 nitrogen and oxygen atoms in total. The second-order valence-corrected chi connectivity index (χ2v) is 3.55. The van der Waals surface area contributed by atoms with Crippen molar-refractivity contribution in [2.45, 2.75) is 26.8 Å². The Bertz CT molecular complexity index is 250. The van der Waals surface area contributed by atoms with E-state index in [1.54, 1.807) is 0 Å². The van der Waals surface area contributed by atoms with Crippen LogP contribution in [0.3, 0.4) is 0 Å². The third-order valence-electron chi connectivity index (χ3n) is 1.94. The number of imidazole rings is 1. The van der Waals surface area contributed by atoms with Gasteiger partial charge in [0.25, 0.3) is 0 Å². The molecule has 0 aromatic carbocycles. The van der Waals surface area contributed by atoms with Gasteiger partial charge >= 0.3 is 0 Å². The summed E-state index contributed by atoms with van der Waals surface area (Å²) >= 11 is 0. The number of aromatic nitrogens is 2. The van der Waals surface area contributed by atoms with E-state index in [9.17, 15) is 0 Å². The molecule has 1 aromatic heterocycles. The van der Waals surface area contributed by atoms with Gasteiger partial charge in [-0.15, -0.1) is 0 Å². The van der Waals surface area contributed by atoms with E-state index in [1.807, 2.05) is 13.4 Å². The molecule has 2 N–H and O–H groups in total. The van der Waals surface area contributed by atoms with E-state index in [4.69, 9.17) is 5.73 Å². The number of nitrogens with zero attached hydrogens (tertiary/aromatic N) is 2. The minimum Gasteiger partial charge on any atom is -0.337 e. The summed E-state index contributed by atoms with van der Waals surface area (Å²) < 4.78 is 2.06. The fourth-order valence-electron chi connectivity index (χ4n) is 1.32. The summed E-state index contributed by atoms with van der Waals surface area (Å²) in [5, 5.41) is 0. The van der Waals surface area contributed by atoms with Gasteiger partial charge in [0, 0.05) is 19.3 Å². The van der Waals surface area contributed by atoms with Crippen molar-refractivity contribution in [1.29, 1.82) is 0 Å². The quantitative estimate of drug-likeness (QED) is 0.732. The van der Waals surface area contributed by atoms with Crippen LogP contribution in [-0.4, -0.2) is 9.55 Å². The lowest BCUT2D eigenvalue weighted by atomic mass is 10.1. The van der Waals surface area contributed by atoms with Crippen molar-refractivity contribution in [3.63, 3.8) is 0 Å². The second-order valence-electron chi connectivity index (χ2n) is 3.55. The molecule has 0 bridgehead atoms. The van der Waals surface area contributed by atoms with Gasteiger partial charge in [0.2, 0.25) is 0 Å². The molecule has 0 radical (unpaired) electrons. The van der Waals surface area contributed by atoms with Gasteiger partial charge in [0.15, 0.2) is 0 Å². The van der Waals surface area contributed by atoms with Crippen LogP contribution in [0.1, 0.15) is 25.2 Å². The smallest absolute Gasteiger partial charge is 0.0949 e. The van der Waals surface area contributed by atoms with E-state index < -0.39 is 0 Å². The van der Waals surface area contributed by atoms with E-state index in [2.05, 4.69) is 23.4 Å². The van der Waals surface area contributed by atoms with Crippen LogP contribution in [0.25, 0.3) is 0 Å². The van der Waals surface area contributed by atoms with Crippen LogP contribution in [0, 0.1) is 5.92 Å². The standard InChI is InChI=1S/C9H17N3/c1-7(2)4-9-8(5-10)11-6-12(9)3/h6-7H,4-5,10H2,1-3H3. The molecule has 0 fully saturated rings. The largest absolute Gasteiger partial charge is 0.337 e. The maximum atomic E-state index is 5.56. The Morgan fingerprint density at radius 1 is 1.58 bits per heavy atom. The van der Waals surface area contributed by atoms with E-state index in [1.165, 1.54) is 5.69 Å². The lowest BCUT2D eigenvalue weighted by Crippen LogP contribution is -2.07. The SMILES string of the molecule is CC(C)Cc1c(CN)ncn1C. The molecule has 1 aromatic rings. The van der Waals surface area contributed by atoms with Crippen LogP contribution in [0.15, 0.2) is 6.33 Å². The van der Waals surface area contributed by atoms with Crippen molar-refractivity contribution in [2.24, 2.45) is 18.7 Å². The summed E-state index contributed by atoms with van der Waals surface area (Å²) in [5.41, 5.74) is 7.87. The predicted octanol–water partition coefficient (Wildman–Crippen LogP) is 1.08. The van der Waals surface area contributed by atoms with E-state index in [0.29, 0.717) is 12.5 Å². The lowest BCUT2D eigenvalue weighted by molar-refractivity contribution is 0.611. The van der Waals surface area contributed by atoms with Gasteiger partial charge in [0.1, 0.15) is 0 Å². The Kier molecular flexibility index (Phi) is 2.87. The minimum absolute atomic E-state index is 0.545. The van der Waals surface area contributed by atoms with Gasteiger partial charge in [-0.25, -0.2) is 4.98 Å². The van der Waals surface area contributed by atoms with Gasteiger partial charge in [0.05, 0.1) is 12.0 Å². The van der Waals surface area contributed by atoms with E-state index in [0.717, 1.165) is 12.1 Å². The van der Waals surface area contributed by atoms with Gasteiger partial charge in [-0.2, -0.15) is 0 Å². The Labute approximate surface area is 73.6 Å². The van der Waals surface area contributed by atoms with Gasteiger partial charge < -0.3 is 10.3 Å². The number of aryl methyl sites for hydroxylation is 1. The van der Waals surface area contributed by atoms with Crippen LogP contribution in [0.5, 0.6) is 0 Å².